The number of carbonyl (C=O) groups excluding carboxylic acids is 2. The Labute approximate surface area is 91.2 Å². The van der Waals surface area contributed by atoms with Crippen LogP contribution in [-0.4, -0.2) is 18.9 Å². The summed E-state index contributed by atoms with van der Waals surface area (Å²) in [6.07, 6.45) is 4.52. The van der Waals surface area contributed by atoms with Gasteiger partial charge in [0.05, 0.1) is 13.0 Å². The predicted molar refractivity (Wildman–Crippen MR) is 57.3 cm³/mol. The predicted octanol–water partition coefficient (Wildman–Crippen LogP) is 2.19. The molecule has 1 saturated carbocycles. The highest BCUT2D eigenvalue weighted by molar-refractivity contribution is 5.85. The van der Waals surface area contributed by atoms with E-state index >= 15 is 0 Å². The normalized spacial score (nSPS) is 21.0. The fourth-order valence-corrected chi connectivity index (χ4v) is 2.74. The molecule has 0 aliphatic heterocycles. The summed E-state index contributed by atoms with van der Waals surface area (Å²) in [4.78, 5) is 23.0. The number of hydrogen-bond acceptors (Lipinski definition) is 3. The minimum Gasteiger partial charge on any atom is -0.469 e. The standard InChI is InChI=1S/C12H20O3/c1-8(12(14)15-3)11(9(2)13)10-6-4-5-7-10/h8,10-11H,4-7H2,1-3H3. The Kier molecular flexibility index (Phi) is 4.30. The zero-order valence-electron chi connectivity index (χ0n) is 9.79. The van der Waals surface area contributed by atoms with Crippen LogP contribution in [0, 0.1) is 17.8 Å². The highest BCUT2D eigenvalue weighted by atomic mass is 16.5. The minimum absolute atomic E-state index is 0.125. The molecule has 0 aromatic heterocycles. The van der Waals surface area contributed by atoms with Gasteiger partial charge in [-0.15, -0.1) is 0 Å². The van der Waals surface area contributed by atoms with Gasteiger partial charge in [-0.25, -0.2) is 0 Å². The number of ketones is 1. The van der Waals surface area contributed by atoms with Crippen molar-refractivity contribution in [2.45, 2.75) is 39.5 Å². The molecule has 15 heavy (non-hydrogen) atoms. The van der Waals surface area contributed by atoms with Crippen molar-refractivity contribution in [3.63, 3.8) is 0 Å². The van der Waals surface area contributed by atoms with Gasteiger partial charge >= 0.3 is 5.97 Å². The van der Waals surface area contributed by atoms with Crippen molar-refractivity contribution in [3.8, 4) is 0 Å². The van der Waals surface area contributed by atoms with Crippen LogP contribution in [0.5, 0.6) is 0 Å². The molecule has 0 aromatic rings. The number of Topliss-reactive ketones (excluding diaryl/α,β-unsaturated/α-hetero) is 1. The summed E-state index contributed by atoms with van der Waals surface area (Å²) in [5, 5.41) is 0. The molecule has 1 fully saturated rings. The summed E-state index contributed by atoms with van der Waals surface area (Å²) in [6, 6.07) is 0. The summed E-state index contributed by atoms with van der Waals surface area (Å²) in [6.45, 7) is 3.39. The molecular formula is C12H20O3. The second-order valence-electron chi connectivity index (χ2n) is 4.49. The van der Waals surface area contributed by atoms with Crippen molar-refractivity contribution >= 4 is 11.8 Å². The second kappa shape index (κ2) is 5.29. The molecule has 0 heterocycles. The Hall–Kier alpha value is -0.860. The lowest BCUT2D eigenvalue weighted by Crippen LogP contribution is -2.32. The van der Waals surface area contributed by atoms with E-state index in [-0.39, 0.29) is 23.6 Å². The highest BCUT2D eigenvalue weighted by Crippen LogP contribution is 2.36. The van der Waals surface area contributed by atoms with E-state index in [0.717, 1.165) is 12.8 Å². The maximum absolute atomic E-state index is 11.6. The van der Waals surface area contributed by atoms with E-state index < -0.39 is 0 Å². The zero-order valence-corrected chi connectivity index (χ0v) is 9.79. The summed E-state index contributed by atoms with van der Waals surface area (Å²) in [5.41, 5.74) is 0. The third-order valence-corrected chi connectivity index (χ3v) is 3.49. The molecular weight excluding hydrogens is 192 g/mol. The number of rotatable bonds is 4. The van der Waals surface area contributed by atoms with E-state index in [1.54, 1.807) is 13.8 Å². The van der Waals surface area contributed by atoms with E-state index in [1.165, 1.54) is 20.0 Å². The van der Waals surface area contributed by atoms with Crippen LogP contribution in [0.3, 0.4) is 0 Å². The maximum atomic E-state index is 11.6. The van der Waals surface area contributed by atoms with Crippen molar-refractivity contribution in [1.29, 1.82) is 0 Å². The van der Waals surface area contributed by atoms with Crippen molar-refractivity contribution in [1.82, 2.24) is 0 Å². The lowest BCUT2D eigenvalue weighted by molar-refractivity contribution is -0.150. The molecule has 0 N–H and O–H groups in total. The molecule has 2 atom stereocenters. The minimum atomic E-state index is -0.296. The SMILES string of the molecule is COC(=O)C(C)C(C(C)=O)C1CCCC1. The maximum Gasteiger partial charge on any atom is 0.309 e. The van der Waals surface area contributed by atoms with Gasteiger partial charge in [0.2, 0.25) is 0 Å². The van der Waals surface area contributed by atoms with Crippen LogP contribution >= 0.6 is 0 Å². The van der Waals surface area contributed by atoms with Crippen molar-refractivity contribution < 1.29 is 14.3 Å². The quantitative estimate of drug-likeness (QED) is 0.671. The van der Waals surface area contributed by atoms with Crippen LogP contribution in [0.1, 0.15) is 39.5 Å². The number of ether oxygens (including phenoxy) is 1. The highest BCUT2D eigenvalue weighted by Gasteiger charge is 2.36. The van der Waals surface area contributed by atoms with Gasteiger partial charge in [-0.2, -0.15) is 0 Å². The number of esters is 1. The summed E-state index contributed by atoms with van der Waals surface area (Å²) < 4.78 is 4.71. The summed E-state index contributed by atoms with van der Waals surface area (Å²) in [5.74, 6) is -0.186. The van der Waals surface area contributed by atoms with Gasteiger partial charge in [0.25, 0.3) is 0 Å². The fourth-order valence-electron chi connectivity index (χ4n) is 2.74. The average molecular weight is 212 g/mol. The third-order valence-electron chi connectivity index (χ3n) is 3.49. The zero-order chi connectivity index (χ0) is 11.4. The average Bonchev–Trinajstić information content (AvgIpc) is 2.69. The topological polar surface area (TPSA) is 43.4 Å². The van der Waals surface area contributed by atoms with Gasteiger partial charge in [0.1, 0.15) is 5.78 Å². The van der Waals surface area contributed by atoms with Crippen LogP contribution in [0.25, 0.3) is 0 Å². The van der Waals surface area contributed by atoms with E-state index in [4.69, 9.17) is 4.74 Å². The molecule has 3 nitrogen and oxygen atoms in total. The molecule has 0 saturated heterocycles. The van der Waals surface area contributed by atoms with Gasteiger partial charge in [0.15, 0.2) is 0 Å². The molecule has 1 aliphatic carbocycles. The lowest BCUT2D eigenvalue weighted by Gasteiger charge is -2.25. The van der Waals surface area contributed by atoms with Crippen LogP contribution in [0.4, 0.5) is 0 Å². The van der Waals surface area contributed by atoms with Crippen molar-refractivity contribution in [2.75, 3.05) is 7.11 Å². The molecule has 1 rings (SSSR count). The first-order valence-corrected chi connectivity index (χ1v) is 5.66. The monoisotopic (exact) mass is 212 g/mol. The first-order chi connectivity index (χ1) is 7.07. The second-order valence-corrected chi connectivity index (χ2v) is 4.49. The van der Waals surface area contributed by atoms with Crippen LogP contribution in [0.15, 0.2) is 0 Å². The molecule has 0 amide bonds. The lowest BCUT2D eigenvalue weighted by atomic mass is 9.79. The smallest absolute Gasteiger partial charge is 0.309 e. The van der Waals surface area contributed by atoms with E-state index in [1.807, 2.05) is 0 Å². The largest absolute Gasteiger partial charge is 0.469 e. The number of methoxy groups -OCH3 is 1. The van der Waals surface area contributed by atoms with Gasteiger partial charge in [0, 0.05) is 5.92 Å². The first kappa shape index (κ1) is 12.2. The third kappa shape index (κ3) is 2.80. The van der Waals surface area contributed by atoms with Gasteiger partial charge in [-0.3, -0.25) is 9.59 Å². The van der Waals surface area contributed by atoms with E-state index in [2.05, 4.69) is 0 Å². The van der Waals surface area contributed by atoms with Gasteiger partial charge in [-0.05, 0) is 25.7 Å². The van der Waals surface area contributed by atoms with E-state index in [0.29, 0.717) is 5.92 Å². The Morgan fingerprint density at radius 1 is 1.27 bits per heavy atom. The van der Waals surface area contributed by atoms with Crippen LogP contribution in [0.2, 0.25) is 0 Å². The fraction of sp³-hybridized carbons (Fsp3) is 0.833. The molecule has 86 valence electrons. The number of hydrogen-bond donors (Lipinski definition) is 0. The first-order valence-electron chi connectivity index (χ1n) is 5.66. The molecule has 0 radical (unpaired) electrons. The molecule has 2 unspecified atom stereocenters. The summed E-state index contributed by atoms with van der Waals surface area (Å²) in [7, 11) is 1.38. The van der Waals surface area contributed by atoms with Crippen LogP contribution in [-0.2, 0) is 14.3 Å². The van der Waals surface area contributed by atoms with Crippen molar-refractivity contribution in [2.24, 2.45) is 17.8 Å². The Morgan fingerprint density at radius 2 is 1.80 bits per heavy atom. The van der Waals surface area contributed by atoms with E-state index in [9.17, 15) is 9.59 Å². The molecule has 0 aromatic carbocycles. The number of carbonyl (C=O) groups is 2. The Bertz CT molecular complexity index is 241. The molecule has 0 spiro atoms. The Balaban J connectivity index is 2.72. The van der Waals surface area contributed by atoms with Gasteiger partial charge in [-0.1, -0.05) is 19.8 Å². The molecule has 0 bridgehead atoms. The van der Waals surface area contributed by atoms with Gasteiger partial charge < -0.3 is 4.74 Å². The molecule has 3 heteroatoms. The van der Waals surface area contributed by atoms with Crippen molar-refractivity contribution in [3.05, 3.63) is 0 Å². The van der Waals surface area contributed by atoms with Crippen LogP contribution < -0.4 is 0 Å². The molecule has 1 aliphatic rings. The Morgan fingerprint density at radius 3 is 2.20 bits per heavy atom. The summed E-state index contributed by atoms with van der Waals surface area (Å²) >= 11 is 0.